The summed E-state index contributed by atoms with van der Waals surface area (Å²) in [5.74, 6) is 0.0114. The maximum absolute atomic E-state index is 12.1. The Morgan fingerprint density at radius 3 is 3.19 bits per heavy atom. The molecule has 0 N–H and O–H groups in total. The highest BCUT2D eigenvalue weighted by atomic mass is 32.1. The van der Waals surface area contributed by atoms with Crippen LogP contribution < -0.4 is 0 Å². The van der Waals surface area contributed by atoms with Crippen LogP contribution in [0.5, 0.6) is 0 Å². The Balaban J connectivity index is 2.08. The second-order valence-electron chi connectivity index (χ2n) is 3.96. The number of aromatic nitrogens is 1. The summed E-state index contributed by atoms with van der Waals surface area (Å²) in [4.78, 5) is 18.6. The van der Waals surface area contributed by atoms with Crippen molar-refractivity contribution in [2.75, 3.05) is 13.1 Å². The van der Waals surface area contributed by atoms with Crippen LogP contribution in [0.4, 0.5) is 0 Å². The molecule has 1 aliphatic heterocycles. The highest BCUT2D eigenvalue weighted by Gasteiger charge is 2.25. The first-order valence-corrected chi connectivity index (χ1v) is 6.13. The summed E-state index contributed by atoms with van der Waals surface area (Å²) in [7, 11) is 0. The molecule has 1 fully saturated rings. The van der Waals surface area contributed by atoms with Crippen molar-refractivity contribution < 1.29 is 4.79 Å². The lowest BCUT2D eigenvalue weighted by molar-refractivity contribution is 0.0703. The summed E-state index contributed by atoms with van der Waals surface area (Å²) in [6, 6.07) is 2.24. The Hall–Kier alpha value is -1.41. The predicted octanol–water partition coefficient (Wildman–Crippen LogP) is 1.83. The predicted molar refractivity (Wildman–Crippen MR) is 61.1 cm³/mol. The van der Waals surface area contributed by atoms with Gasteiger partial charge in [0.2, 0.25) is 0 Å². The standard InChI is InChI=1S/C11H13N3OS/c1-8-13-6-10(16-8)11(15)14-4-2-3-9(5-12)7-14/h6,9H,2-4,7H2,1H3. The first-order valence-electron chi connectivity index (χ1n) is 5.32. The number of hydrogen-bond acceptors (Lipinski definition) is 4. The summed E-state index contributed by atoms with van der Waals surface area (Å²) in [6.45, 7) is 3.20. The van der Waals surface area contributed by atoms with Crippen molar-refractivity contribution in [2.45, 2.75) is 19.8 Å². The topological polar surface area (TPSA) is 57.0 Å². The van der Waals surface area contributed by atoms with E-state index < -0.39 is 0 Å². The number of piperidine rings is 1. The lowest BCUT2D eigenvalue weighted by atomic mass is 10.00. The van der Waals surface area contributed by atoms with Gasteiger partial charge in [0, 0.05) is 13.1 Å². The van der Waals surface area contributed by atoms with Crippen LogP contribution in [0.3, 0.4) is 0 Å². The molecule has 1 aliphatic rings. The Morgan fingerprint density at radius 1 is 1.75 bits per heavy atom. The summed E-state index contributed by atoms with van der Waals surface area (Å²) in [5, 5.41) is 9.77. The van der Waals surface area contributed by atoms with E-state index in [1.807, 2.05) is 6.92 Å². The van der Waals surface area contributed by atoms with Crippen LogP contribution in [0.25, 0.3) is 0 Å². The third kappa shape index (κ3) is 2.22. The molecule has 5 heteroatoms. The number of aryl methyl sites for hydroxylation is 1. The summed E-state index contributed by atoms with van der Waals surface area (Å²) >= 11 is 1.41. The van der Waals surface area contributed by atoms with Crippen molar-refractivity contribution in [1.82, 2.24) is 9.88 Å². The SMILES string of the molecule is Cc1ncc(C(=O)N2CCCC(C#N)C2)s1. The molecule has 1 unspecified atom stereocenters. The molecule has 2 heterocycles. The van der Waals surface area contributed by atoms with Crippen molar-refractivity contribution in [1.29, 1.82) is 5.26 Å². The van der Waals surface area contributed by atoms with Gasteiger partial charge in [-0.2, -0.15) is 5.26 Å². The number of rotatable bonds is 1. The average Bonchev–Trinajstić information content (AvgIpc) is 2.75. The number of likely N-dealkylation sites (tertiary alicyclic amines) is 1. The van der Waals surface area contributed by atoms with E-state index in [4.69, 9.17) is 5.26 Å². The third-order valence-electron chi connectivity index (χ3n) is 2.72. The lowest BCUT2D eigenvalue weighted by Crippen LogP contribution is -2.39. The first kappa shape index (κ1) is 11.1. The van der Waals surface area contributed by atoms with Gasteiger partial charge in [0.05, 0.1) is 23.2 Å². The van der Waals surface area contributed by atoms with Gasteiger partial charge in [-0.05, 0) is 19.8 Å². The largest absolute Gasteiger partial charge is 0.337 e. The Morgan fingerprint density at radius 2 is 2.56 bits per heavy atom. The van der Waals surface area contributed by atoms with Crippen LogP contribution in [0.1, 0.15) is 27.5 Å². The maximum atomic E-state index is 12.1. The van der Waals surface area contributed by atoms with Gasteiger partial charge in [-0.3, -0.25) is 4.79 Å². The number of carbonyl (C=O) groups is 1. The zero-order valence-electron chi connectivity index (χ0n) is 9.14. The van der Waals surface area contributed by atoms with Crippen molar-refractivity contribution in [3.63, 3.8) is 0 Å². The number of nitrogens with zero attached hydrogens (tertiary/aromatic N) is 3. The van der Waals surface area contributed by atoms with Crippen molar-refractivity contribution in [3.05, 3.63) is 16.1 Å². The molecule has 1 aromatic heterocycles. The molecule has 0 aromatic carbocycles. The van der Waals surface area contributed by atoms with Crippen molar-refractivity contribution in [3.8, 4) is 6.07 Å². The highest BCUT2D eigenvalue weighted by Crippen LogP contribution is 2.20. The molecular weight excluding hydrogens is 222 g/mol. The fourth-order valence-electron chi connectivity index (χ4n) is 1.88. The van der Waals surface area contributed by atoms with Crippen LogP contribution in [-0.4, -0.2) is 28.9 Å². The molecular formula is C11H13N3OS. The van der Waals surface area contributed by atoms with Crippen LogP contribution in [-0.2, 0) is 0 Å². The quantitative estimate of drug-likeness (QED) is 0.746. The van der Waals surface area contributed by atoms with E-state index in [0.717, 1.165) is 24.4 Å². The van der Waals surface area contributed by atoms with Crippen LogP contribution >= 0.6 is 11.3 Å². The van der Waals surface area contributed by atoms with E-state index in [0.29, 0.717) is 11.4 Å². The van der Waals surface area contributed by atoms with Gasteiger partial charge in [0.25, 0.3) is 5.91 Å². The second kappa shape index (κ2) is 4.62. The molecule has 0 radical (unpaired) electrons. The normalized spacial score (nSPS) is 20.5. The zero-order valence-corrected chi connectivity index (χ0v) is 9.96. The van der Waals surface area contributed by atoms with E-state index in [1.54, 1.807) is 11.1 Å². The smallest absolute Gasteiger partial charge is 0.265 e. The molecule has 0 bridgehead atoms. The van der Waals surface area contributed by atoms with Gasteiger partial charge in [-0.25, -0.2) is 4.98 Å². The highest BCUT2D eigenvalue weighted by molar-refractivity contribution is 7.13. The maximum Gasteiger partial charge on any atom is 0.265 e. The van der Waals surface area contributed by atoms with E-state index in [2.05, 4.69) is 11.1 Å². The molecule has 4 nitrogen and oxygen atoms in total. The molecule has 0 saturated carbocycles. The molecule has 16 heavy (non-hydrogen) atoms. The summed E-state index contributed by atoms with van der Waals surface area (Å²) < 4.78 is 0. The van der Waals surface area contributed by atoms with Crippen molar-refractivity contribution >= 4 is 17.2 Å². The van der Waals surface area contributed by atoms with Crippen LogP contribution in [0.15, 0.2) is 6.20 Å². The molecule has 1 aromatic rings. The van der Waals surface area contributed by atoms with Crippen LogP contribution in [0, 0.1) is 24.2 Å². The Bertz CT molecular complexity index is 435. The molecule has 2 rings (SSSR count). The minimum absolute atomic E-state index is 0.00767. The first-order chi connectivity index (χ1) is 7.70. The fourth-order valence-corrected chi connectivity index (χ4v) is 2.63. The number of amides is 1. The molecule has 1 amide bonds. The van der Waals surface area contributed by atoms with Gasteiger partial charge >= 0.3 is 0 Å². The monoisotopic (exact) mass is 235 g/mol. The van der Waals surface area contributed by atoms with E-state index in [1.165, 1.54) is 11.3 Å². The fraction of sp³-hybridized carbons (Fsp3) is 0.545. The molecule has 1 saturated heterocycles. The van der Waals surface area contributed by atoms with E-state index in [-0.39, 0.29) is 11.8 Å². The molecule has 84 valence electrons. The van der Waals surface area contributed by atoms with Crippen molar-refractivity contribution in [2.24, 2.45) is 5.92 Å². The number of hydrogen-bond donors (Lipinski definition) is 0. The van der Waals surface area contributed by atoms with Crippen LogP contribution in [0.2, 0.25) is 0 Å². The van der Waals surface area contributed by atoms with E-state index in [9.17, 15) is 4.79 Å². The van der Waals surface area contributed by atoms with Gasteiger partial charge in [-0.1, -0.05) is 0 Å². The number of nitriles is 1. The van der Waals surface area contributed by atoms with Gasteiger partial charge in [-0.15, -0.1) is 11.3 Å². The zero-order chi connectivity index (χ0) is 11.5. The minimum atomic E-state index is -0.00767. The van der Waals surface area contributed by atoms with Gasteiger partial charge in [0.1, 0.15) is 4.88 Å². The minimum Gasteiger partial charge on any atom is -0.337 e. The van der Waals surface area contributed by atoms with Gasteiger partial charge in [0.15, 0.2) is 0 Å². The lowest BCUT2D eigenvalue weighted by Gasteiger charge is -2.29. The molecule has 0 spiro atoms. The number of thiazole rings is 1. The second-order valence-corrected chi connectivity index (χ2v) is 5.20. The summed E-state index contributed by atoms with van der Waals surface area (Å²) in [6.07, 6.45) is 3.45. The number of carbonyl (C=O) groups excluding carboxylic acids is 1. The average molecular weight is 235 g/mol. The Kier molecular flexibility index (Phi) is 3.20. The van der Waals surface area contributed by atoms with E-state index >= 15 is 0 Å². The molecule has 0 aliphatic carbocycles. The summed E-state index contributed by atoms with van der Waals surface area (Å²) in [5.41, 5.74) is 0. The molecule has 1 atom stereocenters. The third-order valence-corrected chi connectivity index (χ3v) is 3.62. The van der Waals surface area contributed by atoms with Gasteiger partial charge < -0.3 is 4.90 Å². The Labute approximate surface area is 98.5 Å².